The number of nitrogens with zero attached hydrogens (tertiary/aromatic N) is 1. The van der Waals surface area contributed by atoms with E-state index in [9.17, 15) is 12.8 Å². The van der Waals surface area contributed by atoms with Gasteiger partial charge in [0.1, 0.15) is 11.9 Å². The molecule has 1 unspecified atom stereocenters. The highest BCUT2D eigenvalue weighted by molar-refractivity contribution is 7.89. The minimum absolute atomic E-state index is 0.0657. The molecule has 0 heterocycles. The molecule has 1 aromatic rings. The quantitative estimate of drug-likeness (QED) is 0.744. The first-order chi connectivity index (χ1) is 9.40. The molecule has 0 fully saturated rings. The van der Waals surface area contributed by atoms with Gasteiger partial charge in [0.25, 0.3) is 0 Å². The van der Waals surface area contributed by atoms with Crippen LogP contribution in [-0.2, 0) is 10.0 Å². The molecule has 7 heteroatoms. The second-order valence-electron chi connectivity index (χ2n) is 4.58. The number of hydrogen-bond acceptors (Lipinski definition) is 4. The third-order valence-corrected chi connectivity index (χ3v) is 4.30. The van der Waals surface area contributed by atoms with Gasteiger partial charge in [0.2, 0.25) is 10.0 Å². The highest BCUT2D eigenvalue weighted by Crippen LogP contribution is 2.14. The van der Waals surface area contributed by atoms with Crippen molar-refractivity contribution in [3.05, 3.63) is 29.6 Å². The minimum Gasteiger partial charge on any atom is -0.396 e. The SMILES string of the molecule is CC(CO)CCCNS(=O)(=O)c1ccc(F)c(C#N)c1. The van der Waals surface area contributed by atoms with Crippen molar-refractivity contribution in [3.8, 4) is 6.07 Å². The topological polar surface area (TPSA) is 90.2 Å². The normalized spacial score (nSPS) is 12.9. The zero-order chi connectivity index (χ0) is 15.2. The first-order valence-electron chi connectivity index (χ1n) is 6.21. The van der Waals surface area contributed by atoms with E-state index in [0.29, 0.717) is 12.8 Å². The highest BCUT2D eigenvalue weighted by Gasteiger charge is 2.15. The molecule has 2 N–H and O–H groups in total. The summed E-state index contributed by atoms with van der Waals surface area (Å²) in [6.45, 7) is 2.16. The average Bonchev–Trinajstić information content (AvgIpc) is 2.43. The predicted octanol–water partition coefficient (Wildman–Crippen LogP) is 1.38. The largest absolute Gasteiger partial charge is 0.396 e. The van der Waals surface area contributed by atoms with Crippen LogP contribution < -0.4 is 4.72 Å². The maximum Gasteiger partial charge on any atom is 0.240 e. The Labute approximate surface area is 118 Å². The lowest BCUT2D eigenvalue weighted by Crippen LogP contribution is -2.25. The molecule has 0 amide bonds. The van der Waals surface area contributed by atoms with Gasteiger partial charge in [0.15, 0.2) is 0 Å². The Morgan fingerprint density at radius 3 is 2.80 bits per heavy atom. The molecule has 0 saturated heterocycles. The maximum absolute atomic E-state index is 13.1. The van der Waals surface area contributed by atoms with Gasteiger partial charge < -0.3 is 5.11 Å². The molecule has 5 nitrogen and oxygen atoms in total. The van der Waals surface area contributed by atoms with Gasteiger partial charge in [-0.05, 0) is 37.0 Å². The molecule has 0 aliphatic carbocycles. The number of nitriles is 1. The first-order valence-corrected chi connectivity index (χ1v) is 7.69. The van der Waals surface area contributed by atoms with Crippen LogP contribution in [-0.4, -0.2) is 26.7 Å². The van der Waals surface area contributed by atoms with Gasteiger partial charge in [-0.15, -0.1) is 0 Å². The molecule has 1 rings (SSSR count). The van der Waals surface area contributed by atoms with E-state index in [1.54, 1.807) is 6.07 Å². The number of aliphatic hydroxyl groups excluding tert-OH is 1. The van der Waals surface area contributed by atoms with E-state index in [4.69, 9.17) is 10.4 Å². The van der Waals surface area contributed by atoms with Crippen LogP contribution in [0.4, 0.5) is 4.39 Å². The number of halogens is 1. The molecule has 1 atom stereocenters. The standard InChI is InChI=1S/C13H17FN2O3S/c1-10(9-17)3-2-6-16-20(18,19)12-4-5-13(14)11(7-12)8-15/h4-5,7,10,16-17H,2-3,6,9H2,1H3. The van der Waals surface area contributed by atoms with Crippen molar-refractivity contribution < 1.29 is 17.9 Å². The summed E-state index contributed by atoms with van der Waals surface area (Å²) in [5, 5.41) is 17.5. The van der Waals surface area contributed by atoms with Crippen molar-refractivity contribution in [1.82, 2.24) is 4.72 Å². The number of sulfonamides is 1. The third-order valence-electron chi connectivity index (χ3n) is 2.85. The second-order valence-corrected chi connectivity index (χ2v) is 6.35. The van der Waals surface area contributed by atoms with Gasteiger partial charge in [-0.25, -0.2) is 17.5 Å². The zero-order valence-electron chi connectivity index (χ0n) is 11.1. The molecule has 0 aromatic heterocycles. The monoisotopic (exact) mass is 300 g/mol. The fraction of sp³-hybridized carbons (Fsp3) is 0.462. The number of rotatable bonds is 7. The van der Waals surface area contributed by atoms with Gasteiger partial charge in [0, 0.05) is 13.2 Å². The third kappa shape index (κ3) is 4.56. The lowest BCUT2D eigenvalue weighted by Gasteiger charge is -2.09. The van der Waals surface area contributed by atoms with Crippen LogP contribution in [0.15, 0.2) is 23.1 Å². The maximum atomic E-state index is 13.1. The Kier molecular flexibility index (Phi) is 6.07. The number of hydrogen-bond donors (Lipinski definition) is 2. The lowest BCUT2D eigenvalue weighted by atomic mass is 10.1. The van der Waals surface area contributed by atoms with Crippen LogP contribution in [0.5, 0.6) is 0 Å². The summed E-state index contributed by atoms with van der Waals surface area (Å²) in [6.07, 6.45) is 1.29. The fourth-order valence-corrected chi connectivity index (χ4v) is 2.69. The van der Waals surface area contributed by atoms with Crippen molar-refractivity contribution in [2.45, 2.75) is 24.7 Å². The molecule has 1 aromatic carbocycles. The summed E-state index contributed by atoms with van der Waals surface area (Å²) >= 11 is 0. The van der Waals surface area contributed by atoms with Crippen LogP contribution in [0.1, 0.15) is 25.3 Å². The molecular formula is C13H17FN2O3S. The Bertz CT molecular complexity index is 596. The molecule has 0 spiro atoms. The second kappa shape index (κ2) is 7.33. The molecular weight excluding hydrogens is 283 g/mol. The van der Waals surface area contributed by atoms with Gasteiger partial charge in [0.05, 0.1) is 10.5 Å². The summed E-state index contributed by atoms with van der Waals surface area (Å²) in [5.74, 6) is -0.626. The van der Waals surface area contributed by atoms with E-state index in [1.165, 1.54) is 0 Å². The number of aliphatic hydroxyl groups is 1. The van der Waals surface area contributed by atoms with E-state index < -0.39 is 15.8 Å². The molecule has 0 bridgehead atoms. The summed E-state index contributed by atoms with van der Waals surface area (Å²) in [5.41, 5.74) is -0.304. The summed E-state index contributed by atoms with van der Waals surface area (Å²) < 4.78 is 39.4. The van der Waals surface area contributed by atoms with Crippen molar-refractivity contribution in [3.63, 3.8) is 0 Å². The average molecular weight is 300 g/mol. The number of nitrogens with one attached hydrogen (secondary N) is 1. The van der Waals surface area contributed by atoms with E-state index in [-0.39, 0.29) is 29.5 Å². The van der Waals surface area contributed by atoms with E-state index >= 15 is 0 Å². The van der Waals surface area contributed by atoms with Gasteiger partial charge in [-0.2, -0.15) is 5.26 Å². The smallest absolute Gasteiger partial charge is 0.240 e. The zero-order valence-corrected chi connectivity index (χ0v) is 12.0. The first kappa shape index (κ1) is 16.6. The van der Waals surface area contributed by atoms with Gasteiger partial charge >= 0.3 is 0 Å². The van der Waals surface area contributed by atoms with Crippen LogP contribution in [0.3, 0.4) is 0 Å². The molecule has 0 aliphatic heterocycles. The summed E-state index contributed by atoms with van der Waals surface area (Å²) in [4.78, 5) is -0.134. The Morgan fingerprint density at radius 2 is 2.20 bits per heavy atom. The van der Waals surface area contributed by atoms with Crippen molar-refractivity contribution in [2.75, 3.05) is 13.2 Å². The summed E-state index contributed by atoms with van der Waals surface area (Å²) in [7, 11) is -3.74. The highest BCUT2D eigenvalue weighted by atomic mass is 32.2. The van der Waals surface area contributed by atoms with Crippen LogP contribution in [0.2, 0.25) is 0 Å². The Morgan fingerprint density at radius 1 is 1.50 bits per heavy atom. The van der Waals surface area contributed by atoms with E-state index in [2.05, 4.69) is 4.72 Å². The predicted molar refractivity (Wildman–Crippen MR) is 71.8 cm³/mol. The molecule has 20 heavy (non-hydrogen) atoms. The fourth-order valence-electron chi connectivity index (χ4n) is 1.59. The number of benzene rings is 1. The Balaban J connectivity index is 2.68. The van der Waals surface area contributed by atoms with Gasteiger partial charge in [-0.1, -0.05) is 6.92 Å². The molecule has 0 saturated carbocycles. The van der Waals surface area contributed by atoms with Crippen LogP contribution in [0.25, 0.3) is 0 Å². The van der Waals surface area contributed by atoms with Crippen LogP contribution in [0, 0.1) is 23.1 Å². The lowest BCUT2D eigenvalue weighted by molar-refractivity contribution is 0.228. The van der Waals surface area contributed by atoms with Crippen LogP contribution >= 0.6 is 0 Å². The Hall–Kier alpha value is -1.49. The minimum atomic E-state index is -3.74. The molecule has 110 valence electrons. The van der Waals surface area contributed by atoms with E-state index in [0.717, 1.165) is 18.2 Å². The van der Waals surface area contributed by atoms with Crippen molar-refractivity contribution >= 4 is 10.0 Å². The van der Waals surface area contributed by atoms with Gasteiger partial charge in [-0.3, -0.25) is 0 Å². The van der Waals surface area contributed by atoms with E-state index in [1.807, 2.05) is 6.92 Å². The van der Waals surface area contributed by atoms with Crippen molar-refractivity contribution in [2.24, 2.45) is 5.92 Å². The molecule has 0 radical (unpaired) electrons. The van der Waals surface area contributed by atoms with Crippen molar-refractivity contribution in [1.29, 1.82) is 5.26 Å². The summed E-state index contributed by atoms with van der Waals surface area (Å²) in [6, 6.07) is 4.69. The molecule has 0 aliphatic rings.